The number of ether oxygens (including phenoxy) is 1. The predicted molar refractivity (Wildman–Crippen MR) is 116 cm³/mol. The van der Waals surface area contributed by atoms with Crippen molar-refractivity contribution in [1.29, 1.82) is 0 Å². The van der Waals surface area contributed by atoms with Crippen molar-refractivity contribution >= 4 is 23.3 Å². The van der Waals surface area contributed by atoms with Crippen LogP contribution in [0.1, 0.15) is 35.1 Å². The number of aryl methyl sites for hydroxylation is 2. The molecule has 0 saturated carbocycles. The Morgan fingerprint density at radius 2 is 1.72 bits per heavy atom. The van der Waals surface area contributed by atoms with Crippen LogP contribution in [0.4, 0.5) is 17.3 Å². The topological polar surface area (TPSA) is 76.1 Å². The summed E-state index contributed by atoms with van der Waals surface area (Å²) in [6.07, 6.45) is 2.04. The lowest BCUT2D eigenvalue weighted by atomic mass is 10.1. The smallest absolute Gasteiger partial charge is 0.338 e. The van der Waals surface area contributed by atoms with Gasteiger partial charge in [0.1, 0.15) is 17.5 Å². The first kappa shape index (κ1) is 20.3. The first-order chi connectivity index (χ1) is 14.1. The van der Waals surface area contributed by atoms with E-state index in [2.05, 4.69) is 44.9 Å². The van der Waals surface area contributed by atoms with Crippen molar-refractivity contribution in [3.63, 3.8) is 0 Å². The first-order valence-electron chi connectivity index (χ1n) is 9.81. The van der Waals surface area contributed by atoms with Crippen molar-refractivity contribution in [2.45, 2.75) is 26.7 Å². The summed E-state index contributed by atoms with van der Waals surface area (Å²) in [4.78, 5) is 20.6. The number of hydrogen-bond acceptors (Lipinski definition) is 6. The van der Waals surface area contributed by atoms with E-state index in [1.807, 2.05) is 31.2 Å². The van der Waals surface area contributed by atoms with Crippen LogP contribution in [0, 0.1) is 6.92 Å². The summed E-state index contributed by atoms with van der Waals surface area (Å²) in [7, 11) is 0. The minimum absolute atomic E-state index is 0.320. The van der Waals surface area contributed by atoms with Gasteiger partial charge in [0.05, 0.1) is 12.2 Å². The lowest BCUT2D eigenvalue weighted by Gasteiger charge is -2.11. The van der Waals surface area contributed by atoms with Gasteiger partial charge in [0.2, 0.25) is 0 Å². The number of rotatable bonds is 9. The monoisotopic (exact) mass is 390 g/mol. The van der Waals surface area contributed by atoms with Gasteiger partial charge in [-0.15, -0.1) is 0 Å². The van der Waals surface area contributed by atoms with E-state index in [9.17, 15) is 4.79 Å². The number of hydrogen-bond donors (Lipinski definition) is 2. The Bertz CT molecular complexity index is 927. The average Bonchev–Trinajstić information content (AvgIpc) is 2.72. The Labute approximate surface area is 171 Å². The average molecular weight is 390 g/mol. The largest absolute Gasteiger partial charge is 0.462 e. The van der Waals surface area contributed by atoms with E-state index in [1.165, 1.54) is 5.56 Å². The molecule has 0 aliphatic heterocycles. The highest BCUT2D eigenvalue weighted by Gasteiger charge is 2.07. The van der Waals surface area contributed by atoms with Gasteiger partial charge in [-0.1, -0.05) is 30.3 Å². The second kappa shape index (κ2) is 10.2. The Balaban J connectivity index is 1.56. The van der Waals surface area contributed by atoms with Gasteiger partial charge in [-0.25, -0.2) is 14.8 Å². The molecule has 0 fully saturated rings. The van der Waals surface area contributed by atoms with Crippen LogP contribution >= 0.6 is 0 Å². The van der Waals surface area contributed by atoms with Crippen molar-refractivity contribution in [3.05, 3.63) is 77.6 Å². The third-order valence-corrected chi connectivity index (χ3v) is 4.30. The zero-order chi connectivity index (χ0) is 20.5. The molecule has 0 bridgehead atoms. The van der Waals surface area contributed by atoms with Gasteiger partial charge in [-0.2, -0.15) is 0 Å². The van der Waals surface area contributed by atoms with Crippen molar-refractivity contribution < 1.29 is 9.53 Å². The molecule has 0 radical (unpaired) electrons. The number of nitrogens with zero attached hydrogens (tertiary/aromatic N) is 2. The predicted octanol–water partition coefficient (Wildman–Crippen LogP) is 4.75. The number of benzene rings is 2. The standard InChI is InChI=1S/C23H26N4O2/c1-3-29-23(28)19-11-13-20(14-12-19)27-22-16-21(25-17(2)26-22)24-15-7-10-18-8-5-4-6-9-18/h4-6,8-9,11-14,16H,3,7,10,15H2,1-2H3,(H2,24,25,26,27). The van der Waals surface area contributed by atoms with Crippen molar-refractivity contribution in [2.24, 2.45) is 0 Å². The third kappa shape index (κ3) is 6.31. The van der Waals surface area contributed by atoms with Gasteiger partial charge < -0.3 is 15.4 Å². The van der Waals surface area contributed by atoms with Gasteiger partial charge in [0.15, 0.2) is 0 Å². The maximum Gasteiger partial charge on any atom is 0.338 e. The summed E-state index contributed by atoms with van der Waals surface area (Å²) >= 11 is 0. The number of nitrogens with one attached hydrogen (secondary N) is 2. The van der Waals surface area contributed by atoms with E-state index >= 15 is 0 Å². The van der Waals surface area contributed by atoms with Crippen LogP contribution in [-0.2, 0) is 11.2 Å². The molecule has 0 aliphatic rings. The van der Waals surface area contributed by atoms with Crippen LogP contribution in [0.15, 0.2) is 60.7 Å². The van der Waals surface area contributed by atoms with Crippen LogP contribution in [0.3, 0.4) is 0 Å². The molecule has 0 aliphatic carbocycles. The van der Waals surface area contributed by atoms with Gasteiger partial charge in [0, 0.05) is 18.3 Å². The van der Waals surface area contributed by atoms with E-state index in [1.54, 1.807) is 19.1 Å². The normalized spacial score (nSPS) is 10.4. The van der Waals surface area contributed by atoms with Gasteiger partial charge >= 0.3 is 5.97 Å². The summed E-state index contributed by atoms with van der Waals surface area (Å²) in [5, 5.41) is 6.62. The fraction of sp³-hybridized carbons (Fsp3) is 0.261. The SMILES string of the molecule is CCOC(=O)c1ccc(Nc2cc(NCCCc3ccccc3)nc(C)n2)cc1. The molecule has 3 aromatic rings. The number of aromatic nitrogens is 2. The fourth-order valence-corrected chi connectivity index (χ4v) is 2.93. The molecule has 6 nitrogen and oxygen atoms in total. The van der Waals surface area contributed by atoms with Crippen molar-refractivity contribution in [3.8, 4) is 0 Å². The molecule has 2 N–H and O–H groups in total. The Kier molecular flexibility index (Phi) is 7.16. The highest BCUT2D eigenvalue weighted by molar-refractivity contribution is 5.89. The van der Waals surface area contributed by atoms with E-state index in [-0.39, 0.29) is 5.97 Å². The van der Waals surface area contributed by atoms with Crippen LogP contribution in [0.2, 0.25) is 0 Å². The van der Waals surface area contributed by atoms with Gasteiger partial charge in [0.25, 0.3) is 0 Å². The van der Waals surface area contributed by atoms with E-state index in [4.69, 9.17) is 4.74 Å². The number of esters is 1. The van der Waals surface area contributed by atoms with Crippen LogP contribution in [-0.4, -0.2) is 29.1 Å². The Morgan fingerprint density at radius 1 is 1.00 bits per heavy atom. The minimum Gasteiger partial charge on any atom is -0.462 e. The molecule has 150 valence electrons. The summed E-state index contributed by atoms with van der Waals surface area (Å²) in [5.74, 6) is 1.85. The first-order valence-corrected chi connectivity index (χ1v) is 9.81. The lowest BCUT2D eigenvalue weighted by molar-refractivity contribution is 0.0526. The molecule has 2 aromatic carbocycles. The Hall–Kier alpha value is -3.41. The molecule has 29 heavy (non-hydrogen) atoms. The molecule has 0 amide bonds. The summed E-state index contributed by atoms with van der Waals surface area (Å²) in [6, 6.07) is 19.5. The van der Waals surface area contributed by atoms with E-state index < -0.39 is 0 Å². The molecule has 0 atom stereocenters. The van der Waals surface area contributed by atoms with Gasteiger partial charge in [-0.3, -0.25) is 0 Å². The number of carbonyl (C=O) groups is 1. The Morgan fingerprint density at radius 3 is 2.45 bits per heavy atom. The summed E-state index contributed by atoms with van der Waals surface area (Å²) in [6.45, 7) is 4.85. The molecule has 0 spiro atoms. The fourth-order valence-electron chi connectivity index (χ4n) is 2.93. The van der Waals surface area contributed by atoms with Crippen LogP contribution < -0.4 is 10.6 Å². The lowest BCUT2D eigenvalue weighted by Crippen LogP contribution is -2.07. The molecule has 6 heteroatoms. The third-order valence-electron chi connectivity index (χ3n) is 4.30. The number of anilines is 3. The van der Waals surface area contributed by atoms with Crippen molar-refractivity contribution in [1.82, 2.24) is 9.97 Å². The molecule has 1 heterocycles. The summed E-state index contributed by atoms with van der Waals surface area (Å²) in [5.41, 5.74) is 2.70. The second-order valence-corrected chi connectivity index (χ2v) is 6.62. The maximum atomic E-state index is 11.7. The van der Waals surface area contributed by atoms with E-state index in [0.717, 1.165) is 30.9 Å². The molecule has 1 aromatic heterocycles. The quantitative estimate of drug-likeness (QED) is 0.406. The highest BCUT2D eigenvalue weighted by atomic mass is 16.5. The van der Waals surface area contributed by atoms with Crippen molar-refractivity contribution in [2.75, 3.05) is 23.8 Å². The molecule has 0 unspecified atom stereocenters. The molecule has 0 saturated heterocycles. The summed E-state index contributed by atoms with van der Waals surface area (Å²) < 4.78 is 5.00. The molecular formula is C23H26N4O2. The number of carbonyl (C=O) groups excluding carboxylic acids is 1. The van der Waals surface area contributed by atoms with Crippen LogP contribution in [0.5, 0.6) is 0 Å². The zero-order valence-corrected chi connectivity index (χ0v) is 16.8. The maximum absolute atomic E-state index is 11.7. The van der Waals surface area contributed by atoms with Crippen LogP contribution in [0.25, 0.3) is 0 Å². The highest BCUT2D eigenvalue weighted by Crippen LogP contribution is 2.18. The molecule has 3 rings (SSSR count). The van der Waals surface area contributed by atoms with E-state index in [0.29, 0.717) is 23.8 Å². The molecular weight excluding hydrogens is 364 g/mol. The second-order valence-electron chi connectivity index (χ2n) is 6.62. The zero-order valence-electron chi connectivity index (χ0n) is 16.8. The van der Waals surface area contributed by atoms with Gasteiger partial charge in [-0.05, 0) is 56.5 Å². The minimum atomic E-state index is -0.320.